The van der Waals surface area contributed by atoms with Gasteiger partial charge in [-0.1, -0.05) is 6.07 Å². The van der Waals surface area contributed by atoms with Crippen molar-refractivity contribution < 1.29 is 24.9 Å². The number of methoxy groups -OCH3 is 1. The standard InChI is InChI=1S/C15H15NO5/c1-21-14-5-2-9(6-13(14)19)8-16-15(20)11-4-3-10(17)7-12(11)18/h2-7,17-19H,8H2,1H3,(H,16,20). The summed E-state index contributed by atoms with van der Waals surface area (Å²) >= 11 is 0. The number of nitrogens with one attached hydrogen (secondary N) is 1. The Labute approximate surface area is 121 Å². The van der Waals surface area contributed by atoms with Crippen LogP contribution in [0.1, 0.15) is 15.9 Å². The molecule has 0 saturated heterocycles. The Morgan fingerprint density at radius 2 is 1.86 bits per heavy atom. The topological polar surface area (TPSA) is 99.0 Å². The Morgan fingerprint density at radius 1 is 1.10 bits per heavy atom. The molecule has 2 rings (SSSR count). The normalized spacial score (nSPS) is 10.1. The third kappa shape index (κ3) is 3.36. The van der Waals surface area contributed by atoms with E-state index in [2.05, 4.69) is 5.32 Å². The number of hydrogen-bond acceptors (Lipinski definition) is 5. The molecule has 2 aromatic rings. The highest BCUT2D eigenvalue weighted by molar-refractivity contribution is 5.96. The molecule has 0 aliphatic heterocycles. The fourth-order valence-corrected chi connectivity index (χ4v) is 1.84. The van der Waals surface area contributed by atoms with Gasteiger partial charge in [-0.15, -0.1) is 0 Å². The molecule has 0 bridgehead atoms. The molecule has 6 heteroatoms. The van der Waals surface area contributed by atoms with E-state index in [1.165, 1.54) is 25.3 Å². The predicted molar refractivity (Wildman–Crippen MR) is 75.6 cm³/mol. The first kappa shape index (κ1) is 14.5. The van der Waals surface area contributed by atoms with Crippen LogP contribution in [-0.4, -0.2) is 28.3 Å². The molecular formula is C15H15NO5. The van der Waals surface area contributed by atoms with Crippen molar-refractivity contribution in [1.82, 2.24) is 5.32 Å². The Kier molecular flexibility index (Phi) is 4.18. The quantitative estimate of drug-likeness (QED) is 0.687. The first-order chi connectivity index (χ1) is 10.0. The highest BCUT2D eigenvalue weighted by Crippen LogP contribution is 2.26. The number of phenols is 3. The second kappa shape index (κ2) is 6.04. The number of carbonyl (C=O) groups excluding carboxylic acids is 1. The van der Waals surface area contributed by atoms with E-state index >= 15 is 0 Å². The van der Waals surface area contributed by atoms with E-state index in [1.807, 2.05) is 0 Å². The summed E-state index contributed by atoms with van der Waals surface area (Å²) in [5.41, 5.74) is 0.741. The van der Waals surface area contributed by atoms with Crippen molar-refractivity contribution in [2.45, 2.75) is 6.54 Å². The number of carbonyl (C=O) groups is 1. The Bertz CT molecular complexity index is 669. The van der Waals surface area contributed by atoms with Crippen LogP contribution in [0.5, 0.6) is 23.0 Å². The second-order valence-electron chi connectivity index (χ2n) is 4.39. The van der Waals surface area contributed by atoms with Crippen molar-refractivity contribution in [3.05, 3.63) is 47.5 Å². The van der Waals surface area contributed by atoms with Crippen molar-refractivity contribution in [1.29, 1.82) is 0 Å². The van der Waals surface area contributed by atoms with Gasteiger partial charge in [0.15, 0.2) is 11.5 Å². The van der Waals surface area contributed by atoms with Crippen molar-refractivity contribution in [2.24, 2.45) is 0 Å². The van der Waals surface area contributed by atoms with Gasteiger partial charge in [0.05, 0.1) is 12.7 Å². The van der Waals surface area contributed by atoms with E-state index in [0.717, 1.165) is 6.07 Å². The molecular weight excluding hydrogens is 274 g/mol. The molecule has 0 spiro atoms. The van der Waals surface area contributed by atoms with Crippen molar-refractivity contribution in [2.75, 3.05) is 7.11 Å². The summed E-state index contributed by atoms with van der Waals surface area (Å²) in [5.74, 6) is -0.574. The molecule has 6 nitrogen and oxygen atoms in total. The first-order valence-electron chi connectivity index (χ1n) is 6.17. The average Bonchev–Trinajstić information content (AvgIpc) is 2.45. The van der Waals surface area contributed by atoms with Crippen LogP contribution in [0.3, 0.4) is 0 Å². The Hall–Kier alpha value is -2.89. The maximum Gasteiger partial charge on any atom is 0.255 e. The summed E-state index contributed by atoms with van der Waals surface area (Å²) in [4.78, 5) is 11.9. The van der Waals surface area contributed by atoms with E-state index in [4.69, 9.17) is 4.74 Å². The van der Waals surface area contributed by atoms with Crippen molar-refractivity contribution in [3.8, 4) is 23.0 Å². The lowest BCUT2D eigenvalue weighted by molar-refractivity contribution is 0.0948. The van der Waals surface area contributed by atoms with E-state index in [9.17, 15) is 20.1 Å². The lowest BCUT2D eigenvalue weighted by Gasteiger charge is -2.09. The SMILES string of the molecule is COc1ccc(CNC(=O)c2ccc(O)cc2O)cc1O. The van der Waals surface area contributed by atoms with Crippen LogP contribution >= 0.6 is 0 Å². The minimum Gasteiger partial charge on any atom is -0.508 e. The molecule has 110 valence electrons. The summed E-state index contributed by atoms with van der Waals surface area (Å²) in [6.07, 6.45) is 0. The largest absolute Gasteiger partial charge is 0.508 e. The van der Waals surface area contributed by atoms with Crippen LogP contribution in [0.2, 0.25) is 0 Å². The molecule has 0 aliphatic carbocycles. The molecule has 0 atom stereocenters. The minimum atomic E-state index is -0.484. The second-order valence-corrected chi connectivity index (χ2v) is 4.39. The summed E-state index contributed by atoms with van der Waals surface area (Å²) in [6.45, 7) is 0.177. The minimum absolute atomic E-state index is 0.0169. The zero-order valence-electron chi connectivity index (χ0n) is 11.3. The van der Waals surface area contributed by atoms with E-state index in [1.54, 1.807) is 12.1 Å². The van der Waals surface area contributed by atoms with Crippen LogP contribution in [0, 0.1) is 0 Å². The van der Waals surface area contributed by atoms with Crippen LogP contribution < -0.4 is 10.1 Å². The summed E-state index contributed by atoms with van der Waals surface area (Å²) < 4.78 is 4.93. The number of ether oxygens (including phenoxy) is 1. The van der Waals surface area contributed by atoms with Crippen LogP contribution in [0.15, 0.2) is 36.4 Å². The highest BCUT2D eigenvalue weighted by atomic mass is 16.5. The predicted octanol–water partition coefficient (Wildman–Crippen LogP) is 1.74. The number of rotatable bonds is 4. The number of phenolic OH excluding ortho intramolecular Hbond substituents is 3. The van der Waals surface area contributed by atoms with Gasteiger partial charge in [-0.05, 0) is 29.8 Å². The van der Waals surface area contributed by atoms with Gasteiger partial charge >= 0.3 is 0 Å². The number of aromatic hydroxyl groups is 3. The smallest absolute Gasteiger partial charge is 0.255 e. The van der Waals surface area contributed by atoms with Crippen LogP contribution in [0.25, 0.3) is 0 Å². The van der Waals surface area contributed by atoms with Gasteiger partial charge in [-0.3, -0.25) is 4.79 Å². The Morgan fingerprint density at radius 3 is 2.48 bits per heavy atom. The molecule has 0 saturated carbocycles. The number of amides is 1. The summed E-state index contributed by atoms with van der Waals surface area (Å²) in [6, 6.07) is 8.51. The zero-order valence-corrected chi connectivity index (χ0v) is 11.3. The fraction of sp³-hybridized carbons (Fsp3) is 0.133. The first-order valence-corrected chi connectivity index (χ1v) is 6.17. The molecule has 0 aromatic heterocycles. The third-order valence-electron chi connectivity index (χ3n) is 2.92. The maximum absolute atomic E-state index is 11.9. The van der Waals surface area contributed by atoms with Crippen molar-refractivity contribution >= 4 is 5.91 Å². The van der Waals surface area contributed by atoms with E-state index < -0.39 is 5.91 Å². The molecule has 2 aromatic carbocycles. The fourth-order valence-electron chi connectivity index (χ4n) is 1.84. The number of hydrogen-bond donors (Lipinski definition) is 4. The third-order valence-corrected chi connectivity index (χ3v) is 2.92. The van der Waals surface area contributed by atoms with Gasteiger partial charge in [0.1, 0.15) is 11.5 Å². The van der Waals surface area contributed by atoms with Crippen LogP contribution in [0.4, 0.5) is 0 Å². The molecule has 0 heterocycles. The van der Waals surface area contributed by atoms with Gasteiger partial charge in [0.2, 0.25) is 0 Å². The molecule has 0 fully saturated rings. The lowest BCUT2D eigenvalue weighted by atomic mass is 10.1. The van der Waals surface area contributed by atoms with Gasteiger partial charge in [0, 0.05) is 12.6 Å². The molecule has 0 aliphatic rings. The summed E-state index contributed by atoms with van der Waals surface area (Å²) in [7, 11) is 1.45. The maximum atomic E-state index is 11.9. The van der Waals surface area contributed by atoms with Crippen molar-refractivity contribution in [3.63, 3.8) is 0 Å². The molecule has 1 amide bonds. The van der Waals surface area contributed by atoms with E-state index in [0.29, 0.717) is 11.3 Å². The van der Waals surface area contributed by atoms with Gasteiger partial charge in [-0.2, -0.15) is 0 Å². The van der Waals surface area contributed by atoms with Gasteiger partial charge in [-0.25, -0.2) is 0 Å². The van der Waals surface area contributed by atoms with Gasteiger partial charge < -0.3 is 25.4 Å². The number of benzene rings is 2. The highest BCUT2D eigenvalue weighted by Gasteiger charge is 2.11. The molecule has 4 N–H and O–H groups in total. The monoisotopic (exact) mass is 289 g/mol. The molecule has 0 radical (unpaired) electrons. The van der Waals surface area contributed by atoms with E-state index in [-0.39, 0.29) is 29.4 Å². The lowest BCUT2D eigenvalue weighted by Crippen LogP contribution is -2.22. The molecule has 21 heavy (non-hydrogen) atoms. The average molecular weight is 289 g/mol. The zero-order chi connectivity index (χ0) is 15.4. The summed E-state index contributed by atoms with van der Waals surface area (Å²) in [5, 5.41) is 31.0. The van der Waals surface area contributed by atoms with Gasteiger partial charge in [0.25, 0.3) is 5.91 Å². The van der Waals surface area contributed by atoms with Crippen LogP contribution in [-0.2, 0) is 6.54 Å². The molecule has 0 unspecified atom stereocenters. The Balaban J connectivity index is 2.05.